The number of alkyl halides is 2. The lowest BCUT2D eigenvalue weighted by Crippen LogP contribution is -2.57. The molecule has 3 aliphatic rings. The Labute approximate surface area is 178 Å². The highest BCUT2D eigenvalue weighted by Crippen LogP contribution is 2.55. The normalized spacial score (nSPS) is 23.7. The maximum Gasteiger partial charge on any atom is 0.274 e. The van der Waals surface area contributed by atoms with E-state index in [1.807, 2.05) is 4.90 Å². The molecular formula is C23H23F2N5O. The van der Waals surface area contributed by atoms with Gasteiger partial charge in [0, 0.05) is 50.2 Å². The first kappa shape index (κ1) is 18.9. The molecular weight excluding hydrogens is 400 g/mol. The molecule has 6 nitrogen and oxygen atoms in total. The summed E-state index contributed by atoms with van der Waals surface area (Å²) in [5.74, 6) is -3.20. The Kier molecular flexibility index (Phi) is 3.99. The van der Waals surface area contributed by atoms with E-state index in [0.29, 0.717) is 30.1 Å². The predicted molar refractivity (Wildman–Crippen MR) is 110 cm³/mol. The Hall–Kier alpha value is -2.87. The molecule has 1 N–H and O–H groups in total. The molecule has 160 valence electrons. The van der Waals surface area contributed by atoms with Crippen molar-refractivity contribution >= 4 is 11.7 Å². The van der Waals surface area contributed by atoms with Gasteiger partial charge in [-0.05, 0) is 36.0 Å². The average Bonchev–Trinajstić information content (AvgIpc) is 3.22. The molecule has 6 rings (SSSR count). The fourth-order valence-electron chi connectivity index (χ4n) is 5.02. The number of hydrogen-bond donors (Lipinski definition) is 1. The maximum absolute atomic E-state index is 13.4. The van der Waals surface area contributed by atoms with Crippen molar-refractivity contribution in [2.45, 2.75) is 49.6 Å². The van der Waals surface area contributed by atoms with E-state index >= 15 is 0 Å². The molecule has 31 heavy (non-hydrogen) atoms. The molecule has 8 heteroatoms. The number of nitrogens with zero attached hydrogens (tertiary/aromatic N) is 4. The summed E-state index contributed by atoms with van der Waals surface area (Å²) in [7, 11) is 0. The molecule has 1 saturated carbocycles. The number of hydrogen-bond acceptors (Lipinski definition) is 4. The molecule has 1 unspecified atom stereocenters. The van der Waals surface area contributed by atoms with Crippen molar-refractivity contribution in [3.8, 4) is 0 Å². The molecule has 1 atom stereocenters. The second kappa shape index (κ2) is 6.56. The molecule has 1 spiro atoms. The molecule has 4 heterocycles. The van der Waals surface area contributed by atoms with Gasteiger partial charge in [0.25, 0.3) is 11.8 Å². The first-order valence-electron chi connectivity index (χ1n) is 10.8. The van der Waals surface area contributed by atoms with Crippen LogP contribution in [-0.4, -0.2) is 49.7 Å². The van der Waals surface area contributed by atoms with Crippen LogP contribution in [0.1, 0.15) is 52.4 Å². The summed E-state index contributed by atoms with van der Waals surface area (Å²) in [5, 5.41) is 3.71. The minimum absolute atomic E-state index is 0.0377. The summed E-state index contributed by atoms with van der Waals surface area (Å²) in [4.78, 5) is 23.4. The number of fused-ring (bicyclic) bond motifs is 2. The quantitative estimate of drug-likeness (QED) is 0.688. The fraction of sp³-hybridized carbons (Fsp3) is 0.435. The zero-order valence-corrected chi connectivity index (χ0v) is 17.0. The molecule has 1 amide bonds. The number of halogens is 2. The second-order valence-electron chi connectivity index (χ2n) is 9.11. The number of aromatic nitrogens is 3. The highest BCUT2D eigenvalue weighted by atomic mass is 19.3. The fourth-order valence-corrected chi connectivity index (χ4v) is 5.02. The van der Waals surface area contributed by atoms with E-state index in [1.165, 1.54) is 17.3 Å². The van der Waals surface area contributed by atoms with E-state index in [2.05, 4.69) is 39.6 Å². The third-order valence-corrected chi connectivity index (χ3v) is 7.09. The Balaban J connectivity index is 1.16. The second-order valence-corrected chi connectivity index (χ2v) is 9.11. The third-order valence-electron chi connectivity index (χ3n) is 7.09. The largest absolute Gasteiger partial charge is 0.337 e. The molecule has 1 aromatic carbocycles. The monoisotopic (exact) mass is 423 g/mol. The van der Waals surface area contributed by atoms with Gasteiger partial charge in [0.2, 0.25) is 5.78 Å². The standard InChI is InChI=1S/C23H23F2N5O/c24-23(25)10-18(23)17-11-26-21-28-19(14-30(21)13-17)20(31)29-7-5-22(6-8-29)9-15-3-1-2-4-16(15)12-27-22/h1-4,11,13-14,18,27H,5-10,12H2. The van der Waals surface area contributed by atoms with Gasteiger partial charge in [-0.15, -0.1) is 0 Å². The number of likely N-dealkylation sites (tertiary alicyclic amines) is 1. The lowest BCUT2D eigenvalue weighted by molar-refractivity contribution is 0.0626. The molecule has 2 aliphatic heterocycles. The number of piperidine rings is 1. The van der Waals surface area contributed by atoms with Gasteiger partial charge in [0.15, 0.2) is 0 Å². The van der Waals surface area contributed by atoms with Crippen molar-refractivity contribution in [2.75, 3.05) is 13.1 Å². The highest BCUT2D eigenvalue weighted by molar-refractivity contribution is 5.92. The minimum Gasteiger partial charge on any atom is -0.337 e. The van der Waals surface area contributed by atoms with Crippen LogP contribution < -0.4 is 5.32 Å². The number of imidazole rings is 1. The van der Waals surface area contributed by atoms with Crippen LogP contribution >= 0.6 is 0 Å². The van der Waals surface area contributed by atoms with Crippen LogP contribution in [0.15, 0.2) is 42.9 Å². The lowest BCUT2D eigenvalue weighted by atomic mass is 9.78. The summed E-state index contributed by atoms with van der Waals surface area (Å²) in [5.41, 5.74) is 3.58. The summed E-state index contributed by atoms with van der Waals surface area (Å²) >= 11 is 0. The Bertz CT molecular complexity index is 1180. The smallest absolute Gasteiger partial charge is 0.274 e. The van der Waals surface area contributed by atoms with E-state index in [9.17, 15) is 13.6 Å². The number of carbonyl (C=O) groups excluding carboxylic acids is 1. The topological polar surface area (TPSA) is 62.5 Å². The molecule has 1 aliphatic carbocycles. The van der Waals surface area contributed by atoms with Crippen molar-refractivity contribution in [2.24, 2.45) is 0 Å². The Morgan fingerprint density at radius 3 is 2.61 bits per heavy atom. The van der Waals surface area contributed by atoms with Crippen LogP contribution in [0.25, 0.3) is 5.78 Å². The van der Waals surface area contributed by atoms with Crippen molar-refractivity contribution in [3.63, 3.8) is 0 Å². The summed E-state index contributed by atoms with van der Waals surface area (Å²) in [6.07, 6.45) is 7.28. The van der Waals surface area contributed by atoms with Gasteiger partial charge in [-0.25, -0.2) is 18.7 Å². The van der Waals surface area contributed by atoms with Gasteiger partial charge in [-0.1, -0.05) is 24.3 Å². The number of nitrogens with one attached hydrogen (secondary N) is 1. The zero-order valence-electron chi connectivity index (χ0n) is 17.0. The van der Waals surface area contributed by atoms with Crippen LogP contribution in [0.2, 0.25) is 0 Å². The molecule has 0 bridgehead atoms. The van der Waals surface area contributed by atoms with Crippen LogP contribution in [-0.2, 0) is 13.0 Å². The van der Waals surface area contributed by atoms with E-state index in [0.717, 1.165) is 25.8 Å². The van der Waals surface area contributed by atoms with Crippen molar-refractivity contribution < 1.29 is 13.6 Å². The molecule has 1 saturated heterocycles. The van der Waals surface area contributed by atoms with Crippen molar-refractivity contribution in [3.05, 3.63) is 65.2 Å². The molecule has 2 aromatic heterocycles. The first-order chi connectivity index (χ1) is 14.9. The number of carbonyl (C=O) groups is 1. The Morgan fingerprint density at radius 1 is 1.13 bits per heavy atom. The molecule has 3 aromatic rings. The summed E-state index contributed by atoms with van der Waals surface area (Å²) < 4.78 is 28.3. The van der Waals surface area contributed by atoms with Crippen LogP contribution in [0, 0.1) is 0 Å². The summed E-state index contributed by atoms with van der Waals surface area (Å²) in [6, 6.07) is 8.53. The van der Waals surface area contributed by atoms with Gasteiger partial charge in [-0.3, -0.25) is 9.20 Å². The van der Waals surface area contributed by atoms with Gasteiger partial charge >= 0.3 is 0 Å². The Morgan fingerprint density at radius 2 is 1.87 bits per heavy atom. The zero-order chi connectivity index (χ0) is 21.2. The number of rotatable bonds is 2. The highest BCUT2D eigenvalue weighted by Gasteiger charge is 2.57. The number of benzene rings is 1. The van der Waals surface area contributed by atoms with E-state index in [1.54, 1.807) is 16.8 Å². The van der Waals surface area contributed by atoms with Gasteiger partial charge in [0.1, 0.15) is 5.69 Å². The summed E-state index contributed by atoms with van der Waals surface area (Å²) in [6.45, 7) is 2.19. The molecule has 2 fully saturated rings. The van der Waals surface area contributed by atoms with E-state index in [-0.39, 0.29) is 17.9 Å². The minimum atomic E-state index is -2.65. The van der Waals surface area contributed by atoms with E-state index in [4.69, 9.17) is 0 Å². The lowest BCUT2D eigenvalue weighted by Gasteiger charge is -2.45. The van der Waals surface area contributed by atoms with Crippen LogP contribution in [0.4, 0.5) is 8.78 Å². The van der Waals surface area contributed by atoms with Crippen molar-refractivity contribution in [1.82, 2.24) is 24.6 Å². The maximum atomic E-state index is 13.4. The van der Waals surface area contributed by atoms with Crippen molar-refractivity contribution in [1.29, 1.82) is 0 Å². The predicted octanol–water partition coefficient (Wildman–Crippen LogP) is 3.17. The van der Waals surface area contributed by atoms with Crippen LogP contribution in [0.5, 0.6) is 0 Å². The van der Waals surface area contributed by atoms with Crippen LogP contribution in [0.3, 0.4) is 0 Å². The molecule has 0 radical (unpaired) electrons. The first-order valence-corrected chi connectivity index (χ1v) is 10.8. The third kappa shape index (κ3) is 3.20. The SMILES string of the molecule is O=C(c1cn2cc(C3CC3(F)F)cnc2n1)N1CCC2(CC1)Cc1ccccc1CN2. The average molecular weight is 423 g/mol. The van der Waals surface area contributed by atoms with Gasteiger partial charge in [0.05, 0.1) is 5.92 Å². The van der Waals surface area contributed by atoms with Gasteiger partial charge in [-0.2, -0.15) is 0 Å². The number of amides is 1. The van der Waals surface area contributed by atoms with E-state index < -0.39 is 11.8 Å². The van der Waals surface area contributed by atoms with Gasteiger partial charge < -0.3 is 10.2 Å².